The van der Waals surface area contributed by atoms with Crippen LogP contribution in [0.5, 0.6) is 0 Å². The number of nitrogens with zero attached hydrogens (tertiary/aromatic N) is 1. The summed E-state index contributed by atoms with van der Waals surface area (Å²) in [5.41, 5.74) is 3.17. The average Bonchev–Trinajstić information content (AvgIpc) is 3.46. The van der Waals surface area contributed by atoms with E-state index in [-0.39, 0.29) is 5.91 Å². The van der Waals surface area contributed by atoms with Gasteiger partial charge in [-0.05, 0) is 48.2 Å². The van der Waals surface area contributed by atoms with E-state index in [1.807, 2.05) is 24.3 Å². The van der Waals surface area contributed by atoms with Gasteiger partial charge in [-0.3, -0.25) is 9.79 Å². The van der Waals surface area contributed by atoms with Crippen molar-refractivity contribution in [2.45, 2.75) is 24.8 Å². The van der Waals surface area contributed by atoms with Crippen LogP contribution in [0.4, 0.5) is 0 Å². The van der Waals surface area contributed by atoms with Crippen LogP contribution in [0.2, 0.25) is 0 Å². The molecule has 0 spiro atoms. The molecular weight excluding hydrogens is 404 g/mol. The maximum atomic E-state index is 11.7. The van der Waals surface area contributed by atoms with Gasteiger partial charge in [0.05, 0.1) is 0 Å². The topological polar surface area (TPSA) is 65.5 Å². The maximum Gasteiger partial charge on any atom is 0.251 e. The van der Waals surface area contributed by atoms with Crippen LogP contribution in [-0.2, 0) is 6.42 Å². The molecule has 1 fully saturated rings. The number of benzene rings is 2. The van der Waals surface area contributed by atoms with E-state index < -0.39 is 0 Å². The lowest BCUT2D eigenvalue weighted by Gasteiger charge is -2.12. The second-order valence-corrected chi connectivity index (χ2v) is 7.59. The number of rotatable bonds is 6. The number of halogens is 1. The lowest BCUT2D eigenvalue weighted by atomic mass is 10.1. The number of carbonyl (C=O) groups excluding carboxylic acids is 1. The van der Waals surface area contributed by atoms with Crippen molar-refractivity contribution in [3.63, 3.8) is 0 Å². The van der Waals surface area contributed by atoms with Gasteiger partial charge in [0.1, 0.15) is 0 Å². The molecule has 0 heterocycles. The molecular formula is C21H25BrN4O. The molecule has 1 amide bonds. The molecule has 1 aliphatic rings. The van der Waals surface area contributed by atoms with Crippen LogP contribution in [0.15, 0.2) is 58.0 Å². The Bertz CT molecular complexity index is 819. The predicted octanol–water partition coefficient (Wildman–Crippen LogP) is 3.07. The number of amides is 1. The van der Waals surface area contributed by atoms with Gasteiger partial charge in [0.25, 0.3) is 5.91 Å². The third-order valence-corrected chi connectivity index (χ3v) is 5.29. The van der Waals surface area contributed by atoms with Crippen molar-refractivity contribution in [3.05, 3.63) is 69.7 Å². The highest BCUT2D eigenvalue weighted by molar-refractivity contribution is 9.10. The lowest BCUT2D eigenvalue weighted by molar-refractivity contribution is 0.0963. The van der Waals surface area contributed by atoms with Gasteiger partial charge in [0.2, 0.25) is 0 Å². The first kappa shape index (κ1) is 19.4. The molecule has 3 N–H and O–H groups in total. The molecule has 1 saturated carbocycles. The van der Waals surface area contributed by atoms with E-state index in [2.05, 4.69) is 61.1 Å². The average molecular weight is 429 g/mol. The second-order valence-electron chi connectivity index (χ2n) is 6.67. The summed E-state index contributed by atoms with van der Waals surface area (Å²) < 4.78 is 1.11. The zero-order valence-corrected chi connectivity index (χ0v) is 17.2. The second kappa shape index (κ2) is 9.04. The van der Waals surface area contributed by atoms with Gasteiger partial charge >= 0.3 is 0 Å². The van der Waals surface area contributed by atoms with E-state index >= 15 is 0 Å². The highest BCUT2D eigenvalue weighted by Gasteiger charge is 2.38. The van der Waals surface area contributed by atoms with Crippen molar-refractivity contribution in [1.29, 1.82) is 0 Å². The fourth-order valence-electron chi connectivity index (χ4n) is 3.14. The standard InChI is InChI=1S/C21H25BrN4O/c1-23-20(27)16-5-3-4-14(12-16)10-11-25-21(24-2)26-19-13-18(19)15-6-8-17(22)9-7-15/h3-9,12,18-19H,10-11,13H2,1-2H3,(H,23,27)(H2,24,25,26). The van der Waals surface area contributed by atoms with Gasteiger partial charge in [-0.15, -0.1) is 0 Å². The van der Waals surface area contributed by atoms with Gasteiger partial charge in [0, 0.05) is 42.6 Å². The Morgan fingerprint density at radius 3 is 2.70 bits per heavy atom. The SMILES string of the molecule is CN=C(NCCc1cccc(C(=O)NC)c1)NC1CC1c1ccc(Br)cc1. The number of aliphatic imine (C=N–C) groups is 1. The Labute approximate surface area is 168 Å². The number of hydrogen-bond donors (Lipinski definition) is 3. The number of carbonyl (C=O) groups is 1. The van der Waals surface area contributed by atoms with Crippen molar-refractivity contribution >= 4 is 27.8 Å². The van der Waals surface area contributed by atoms with Crippen LogP contribution in [0.25, 0.3) is 0 Å². The van der Waals surface area contributed by atoms with E-state index in [4.69, 9.17) is 0 Å². The van der Waals surface area contributed by atoms with Gasteiger partial charge in [-0.2, -0.15) is 0 Å². The van der Waals surface area contributed by atoms with E-state index in [0.29, 0.717) is 17.5 Å². The van der Waals surface area contributed by atoms with Crippen molar-refractivity contribution in [1.82, 2.24) is 16.0 Å². The minimum Gasteiger partial charge on any atom is -0.356 e. The molecule has 0 bridgehead atoms. The molecule has 2 unspecified atom stereocenters. The summed E-state index contributed by atoms with van der Waals surface area (Å²) in [6.07, 6.45) is 1.95. The molecule has 6 heteroatoms. The first-order valence-corrected chi connectivity index (χ1v) is 9.93. The van der Waals surface area contributed by atoms with E-state index in [0.717, 1.165) is 35.4 Å². The highest BCUT2D eigenvalue weighted by atomic mass is 79.9. The molecule has 0 saturated heterocycles. The van der Waals surface area contributed by atoms with Gasteiger partial charge in [-0.1, -0.05) is 40.2 Å². The van der Waals surface area contributed by atoms with Crippen molar-refractivity contribution in [2.24, 2.45) is 4.99 Å². The Hall–Kier alpha value is -2.34. The summed E-state index contributed by atoms with van der Waals surface area (Å²) in [5.74, 6) is 1.30. The third-order valence-electron chi connectivity index (χ3n) is 4.76. The smallest absolute Gasteiger partial charge is 0.251 e. The predicted molar refractivity (Wildman–Crippen MR) is 113 cm³/mol. The van der Waals surface area contributed by atoms with Crippen molar-refractivity contribution in [3.8, 4) is 0 Å². The Morgan fingerprint density at radius 1 is 1.22 bits per heavy atom. The molecule has 0 aromatic heterocycles. The van der Waals surface area contributed by atoms with Gasteiger partial charge in [0.15, 0.2) is 5.96 Å². The fraction of sp³-hybridized carbons (Fsp3) is 0.333. The quantitative estimate of drug-likeness (QED) is 0.489. The summed E-state index contributed by atoms with van der Waals surface area (Å²) in [7, 11) is 3.43. The van der Waals surface area contributed by atoms with E-state index in [1.54, 1.807) is 14.1 Å². The Morgan fingerprint density at radius 2 is 2.00 bits per heavy atom. The number of hydrogen-bond acceptors (Lipinski definition) is 2. The summed E-state index contributed by atoms with van der Waals surface area (Å²) in [4.78, 5) is 16.1. The molecule has 5 nitrogen and oxygen atoms in total. The minimum absolute atomic E-state index is 0.0602. The first-order valence-electron chi connectivity index (χ1n) is 9.14. The fourth-order valence-corrected chi connectivity index (χ4v) is 3.41. The highest BCUT2D eigenvalue weighted by Crippen LogP contribution is 2.40. The monoisotopic (exact) mass is 428 g/mol. The summed E-state index contributed by atoms with van der Waals surface area (Å²) in [5, 5.41) is 9.51. The lowest BCUT2D eigenvalue weighted by Crippen LogP contribution is -2.39. The molecule has 142 valence electrons. The zero-order chi connectivity index (χ0) is 19.2. The van der Waals surface area contributed by atoms with Crippen LogP contribution >= 0.6 is 15.9 Å². The molecule has 2 aromatic rings. The van der Waals surface area contributed by atoms with Crippen LogP contribution in [0, 0.1) is 0 Å². The first-order chi connectivity index (χ1) is 13.1. The minimum atomic E-state index is -0.0602. The van der Waals surface area contributed by atoms with Gasteiger partial charge in [-0.25, -0.2) is 0 Å². The normalized spacial score (nSPS) is 18.7. The van der Waals surface area contributed by atoms with Crippen molar-refractivity contribution < 1.29 is 4.79 Å². The molecule has 0 radical (unpaired) electrons. The van der Waals surface area contributed by atoms with E-state index in [9.17, 15) is 4.79 Å². The van der Waals surface area contributed by atoms with Crippen LogP contribution in [-0.4, -0.2) is 38.5 Å². The summed E-state index contributed by atoms with van der Waals surface area (Å²) in [6.45, 7) is 0.756. The van der Waals surface area contributed by atoms with Crippen molar-refractivity contribution in [2.75, 3.05) is 20.6 Å². The molecule has 3 rings (SSSR count). The zero-order valence-electron chi connectivity index (χ0n) is 15.6. The molecule has 1 aliphatic carbocycles. The van der Waals surface area contributed by atoms with Gasteiger partial charge < -0.3 is 16.0 Å². The Kier molecular flexibility index (Phi) is 6.50. The maximum absolute atomic E-state index is 11.7. The van der Waals surface area contributed by atoms with Crippen LogP contribution in [0.1, 0.15) is 33.8 Å². The molecule has 2 aromatic carbocycles. The van der Waals surface area contributed by atoms with Crippen LogP contribution in [0.3, 0.4) is 0 Å². The molecule has 2 atom stereocenters. The molecule has 27 heavy (non-hydrogen) atoms. The Balaban J connectivity index is 1.46. The molecule has 0 aliphatic heterocycles. The summed E-state index contributed by atoms with van der Waals surface area (Å²) in [6, 6.07) is 16.7. The number of nitrogens with one attached hydrogen (secondary N) is 3. The number of guanidine groups is 1. The summed E-state index contributed by atoms with van der Waals surface area (Å²) >= 11 is 3.48. The van der Waals surface area contributed by atoms with E-state index in [1.165, 1.54) is 5.56 Å². The third kappa shape index (κ3) is 5.32. The largest absolute Gasteiger partial charge is 0.356 e. The van der Waals surface area contributed by atoms with Crippen LogP contribution < -0.4 is 16.0 Å².